The van der Waals surface area contributed by atoms with Crippen LogP contribution in [0.15, 0.2) is 12.7 Å². The van der Waals surface area contributed by atoms with E-state index in [0.29, 0.717) is 26.3 Å². The lowest BCUT2D eigenvalue weighted by atomic mass is 10.5. The van der Waals surface area contributed by atoms with Crippen molar-refractivity contribution in [3.63, 3.8) is 0 Å². The highest BCUT2D eigenvalue weighted by Crippen LogP contribution is 1.94. The van der Waals surface area contributed by atoms with Crippen molar-refractivity contribution in [1.82, 2.24) is 4.90 Å². The summed E-state index contributed by atoms with van der Waals surface area (Å²) in [6.45, 7) is 8.02. The fourth-order valence-corrected chi connectivity index (χ4v) is 1.24. The number of likely N-dealkylation sites (N-methyl/N-ethyl adjacent to an activating group) is 1. The predicted molar refractivity (Wildman–Crippen MR) is 68.6 cm³/mol. The summed E-state index contributed by atoms with van der Waals surface area (Å²) in [6.07, 6.45) is 1.13. The first-order valence-corrected chi connectivity index (χ1v) is 6.01. The summed E-state index contributed by atoms with van der Waals surface area (Å²) in [5, 5.41) is 0. The SMILES string of the molecule is C=CC(=O)OCCN(CC)CCOC(=O)I. The molecular weight excluding hydrogens is 325 g/mol. The topological polar surface area (TPSA) is 55.8 Å². The van der Waals surface area contributed by atoms with Gasteiger partial charge in [0.05, 0.1) is 22.6 Å². The Morgan fingerprint density at radius 2 is 1.88 bits per heavy atom. The van der Waals surface area contributed by atoms with Gasteiger partial charge < -0.3 is 9.47 Å². The lowest BCUT2D eigenvalue weighted by Crippen LogP contribution is -2.31. The van der Waals surface area contributed by atoms with Gasteiger partial charge in [0.15, 0.2) is 0 Å². The largest absolute Gasteiger partial charge is 0.461 e. The summed E-state index contributed by atoms with van der Waals surface area (Å²) in [6, 6.07) is 0. The molecule has 0 aliphatic rings. The van der Waals surface area contributed by atoms with E-state index in [0.717, 1.165) is 12.6 Å². The number of ether oxygens (including phenoxy) is 2. The number of nitrogens with zero attached hydrogens (tertiary/aromatic N) is 1. The fourth-order valence-electron chi connectivity index (χ4n) is 1.02. The second kappa shape index (κ2) is 9.59. The second-order valence-electron chi connectivity index (χ2n) is 2.89. The number of rotatable bonds is 8. The molecule has 0 atom stereocenters. The van der Waals surface area contributed by atoms with Crippen LogP contribution in [0.4, 0.5) is 4.79 Å². The Bertz CT molecular complexity index is 245. The van der Waals surface area contributed by atoms with Gasteiger partial charge in [-0.3, -0.25) is 4.90 Å². The van der Waals surface area contributed by atoms with E-state index >= 15 is 0 Å². The van der Waals surface area contributed by atoms with Crippen molar-refractivity contribution < 1.29 is 19.1 Å². The van der Waals surface area contributed by atoms with Crippen LogP contribution in [-0.4, -0.2) is 47.7 Å². The molecule has 0 N–H and O–H groups in total. The Balaban J connectivity index is 3.62. The summed E-state index contributed by atoms with van der Waals surface area (Å²) >= 11 is 1.58. The Morgan fingerprint density at radius 1 is 1.31 bits per heavy atom. The van der Waals surface area contributed by atoms with Crippen LogP contribution < -0.4 is 0 Å². The van der Waals surface area contributed by atoms with Crippen LogP contribution in [0.2, 0.25) is 0 Å². The molecule has 0 aliphatic carbocycles. The third kappa shape index (κ3) is 8.66. The molecule has 0 rings (SSSR count). The first-order valence-electron chi connectivity index (χ1n) is 4.94. The highest BCUT2D eigenvalue weighted by molar-refractivity contribution is 14.1. The maximum absolute atomic E-state index is 10.8. The Labute approximate surface area is 109 Å². The zero-order chi connectivity index (χ0) is 12.4. The molecule has 0 saturated carbocycles. The molecule has 0 radical (unpaired) electrons. The quantitative estimate of drug-likeness (QED) is 0.291. The van der Waals surface area contributed by atoms with Crippen molar-refractivity contribution in [3.05, 3.63) is 12.7 Å². The molecular formula is C10H16INO4. The van der Waals surface area contributed by atoms with Gasteiger partial charge in [-0.2, -0.15) is 0 Å². The van der Waals surface area contributed by atoms with Gasteiger partial charge in [-0.15, -0.1) is 0 Å². The average Bonchev–Trinajstić information content (AvgIpc) is 2.26. The van der Waals surface area contributed by atoms with Crippen LogP contribution in [0.25, 0.3) is 0 Å². The average molecular weight is 341 g/mol. The van der Waals surface area contributed by atoms with Gasteiger partial charge in [0.1, 0.15) is 13.2 Å². The molecule has 16 heavy (non-hydrogen) atoms. The van der Waals surface area contributed by atoms with Crippen molar-refractivity contribution in [2.75, 3.05) is 32.8 Å². The molecule has 0 aromatic carbocycles. The van der Waals surface area contributed by atoms with Gasteiger partial charge in [-0.05, 0) is 6.54 Å². The summed E-state index contributed by atoms with van der Waals surface area (Å²) in [7, 11) is 0. The summed E-state index contributed by atoms with van der Waals surface area (Å²) < 4.78 is 9.33. The smallest absolute Gasteiger partial charge is 0.367 e. The predicted octanol–water partition coefficient (Wildman–Crippen LogP) is 1.61. The molecule has 6 heteroatoms. The molecule has 0 aromatic heterocycles. The van der Waals surface area contributed by atoms with E-state index in [-0.39, 0.29) is 3.98 Å². The summed E-state index contributed by atoms with van der Waals surface area (Å²) in [4.78, 5) is 23.3. The van der Waals surface area contributed by atoms with Crippen molar-refractivity contribution in [3.8, 4) is 0 Å². The zero-order valence-corrected chi connectivity index (χ0v) is 11.4. The molecule has 0 aliphatic heterocycles. The minimum Gasteiger partial charge on any atom is -0.461 e. The van der Waals surface area contributed by atoms with Gasteiger partial charge in [0.2, 0.25) is 0 Å². The number of esters is 1. The number of hydrogen-bond donors (Lipinski definition) is 0. The first-order chi connectivity index (χ1) is 7.60. The number of hydrogen-bond acceptors (Lipinski definition) is 5. The second-order valence-corrected chi connectivity index (χ2v) is 3.77. The van der Waals surface area contributed by atoms with E-state index < -0.39 is 5.97 Å². The maximum atomic E-state index is 10.8. The first kappa shape index (κ1) is 15.4. The Kier molecular flexibility index (Phi) is 9.21. The Hall–Kier alpha value is -0.630. The molecule has 92 valence electrons. The van der Waals surface area contributed by atoms with Crippen molar-refractivity contribution in [2.45, 2.75) is 6.92 Å². The van der Waals surface area contributed by atoms with Crippen LogP contribution in [0.5, 0.6) is 0 Å². The number of halogens is 1. The molecule has 0 heterocycles. The normalized spacial score (nSPS) is 9.94. The van der Waals surface area contributed by atoms with E-state index in [9.17, 15) is 9.59 Å². The molecule has 5 nitrogen and oxygen atoms in total. The third-order valence-corrected chi connectivity index (χ3v) is 2.20. The molecule has 0 unspecified atom stereocenters. The van der Waals surface area contributed by atoms with Crippen molar-refractivity contribution in [2.24, 2.45) is 0 Å². The van der Waals surface area contributed by atoms with E-state index in [1.807, 2.05) is 11.8 Å². The van der Waals surface area contributed by atoms with Crippen LogP contribution in [-0.2, 0) is 14.3 Å². The van der Waals surface area contributed by atoms with Gasteiger partial charge in [-0.25, -0.2) is 9.59 Å². The van der Waals surface area contributed by atoms with Gasteiger partial charge in [-0.1, -0.05) is 13.5 Å². The van der Waals surface area contributed by atoms with Crippen molar-refractivity contribution in [1.29, 1.82) is 0 Å². The van der Waals surface area contributed by atoms with Crippen LogP contribution in [0.3, 0.4) is 0 Å². The van der Waals surface area contributed by atoms with Crippen LogP contribution in [0.1, 0.15) is 6.92 Å². The Morgan fingerprint density at radius 3 is 2.31 bits per heavy atom. The minimum absolute atomic E-state index is 0.313. The van der Waals surface area contributed by atoms with E-state index in [1.165, 1.54) is 0 Å². The third-order valence-electron chi connectivity index (χ3n) is 1.89. The van der Waals surface area contributed by atoms with Gasteiger partial charge in [0.25, 0.3) is 0 Å². The van der Waals surface area contributed by atoms with Gasteiger partial charge in [0, 0.05) is 19.2 Å². The van der Waals surface area contributed by atoms with E-state index in [2.05, 4.69) is 6.58 Å². The minimum atomic E-state index is -0.422. The van der Waals surface area contributed by atoms with E-state index in [1.54, 1.807) is 22.6 Å². The van der Waals surface area contributed by atoms with Crippen molar-refractivity contribution >= 4 is 32.5 Å². The van der Waals surface area contributed by atoms with Gasteiger partial charge >= 0.3 is 9.95 Å². The monoisotopic (exact) mass is 341 g/mol. The number of carbonyl (C=O) groups is 2. The lowest BCUT2D eigenvalue weighted by Gasteiger charge is -2.19. The highest BCUT2D eigenvalue weighted by atomic mass is 127. The van der Waals surface area contributed by atoms with Crippen LogP contribution in [0, 0.1) is 0 Å². The lowest BCUT2D eigenvalue weighted by molar-refractivity contribution is -0.138. The molecule has 0 aromatic rings. The highest BCUT2D eigenvalue weighted by Gasteiger charge is 2.04. The van der Waals surface area contributed by atoms with Crippen LogP contribution >= 0.6 is 22.6 Å². The summed E-state index contributed by atoms with van der Waals surface area (Å²) in [5.74, 6) is -0.422. The number of carbonyl (C=O) groups excluding carboxylic acids is 2. The molecule has 0 bridgehead atoms. The molecule has 0 spiro atoms. The molecule has 0 fully saturated rings. The zero-order valence-electron chi connectivity index (χ0n) is 9.28. The molecule has 0 amide bonds. The summed E-state index contributed by atoms with van der Waals surface area (Å²) in [5.41, 5.74) is 0. The molecule has 0 saturated heterocycles. The van der Waals surface area contributed by atoms with E-state index in [4.69, 9.17) is 9.47 Å². The standard InChI is InChI=1S/C10H16INO4/c1-3-9(13)15-7-5-12(4-2)6-8-16-10(11)14/h3H,1,4-8H2,2H3. The maximum Gasteiger partial charge on any atom is 0.367 e. The fraction of sp³-hybridized carbons (Fsp3) is 0.600.